The van der Waals surface area contributed by atoms with Crippen LogP contribution in [-0.2, 0) is 0 Å². The molecule has 1 fully saturated rings. The fourth-order valence-corrected chi connectivity index (χ4v) is 2.04. The Morgan fingerprint density at radius 1 is 1.33 bits per heavy atom. The monoisotopic (exact) mass is 288 g/mol. The van der Waals surface area contributed by atoms with Gasteiger partial charge in [0.05, 0.1) is 6.54 Å². The molecule has 6 heteroatoms. The zero-order valence-corrected chi connectivity index (χ0v) is 12.9. The van der Waals surface area contributed by atoms with Crippen molar-refractivity contribution in [3.8, 4) is 0 Å². The second-order valence-corrected chi connectivity index (χ2v) is 5.89. The van der Waals surface area contributed by atoms with Crippen molar-refractivity contribution in [2.24, 2.45) is 16.1 Å². The van der Waals surface area contributed by atoms with Crippen molar-refractivity contribution in [2.45, 2.75) is 13.8 Å². The summed E-state index contributed by atoms with van der Waals surface area (Å²) in [6.07, 6.45) is 5.44. The predicted octanol–water partition coefficient (Wildman–Crippen LogP) is 1.13. The van der Waals surface area contributed by atoms with E-state index in [1.807, 2.05) is 12.1 Å². The molecule has 1 saturated heterocycles. The van der Waals surface area contributed by atoms with E-state index in [4.69, 9.17) is 5.73 Å². The smallest absolute Gasteiger partial charge is 0.225 e. The number of anilines is 1. The molecule has 1 aromatic heterocycles. The fourth-order valence-electron chi connectivity index (χ4n) is 2.04. The number of rotatable bonds is 4. The summed E-state index contributed by atoms with van der Waals surface area (Å²) in [6, 6.07) is 1.83. The number of hydrogen-bond donors (Lipinski definition) is 1. The lowest BCUT2D eigenvalue weighted by Crippen LogP contribution is -2.51. The zero-order valence-electron chi connectivity index (χ0n) is 12.9. The average Bonchev–Trinajstić information content (AvgIpc) is 2.54. The lowest BCUT2D eigenvalue weighted by atomic mass is 9.94. The van der Waals surface area contributed by atoms with Crippen LogP contribution >= 0.6 is 0 Å². The van der Waals surface area contributed by atoms with E-state index >= 15 is 0 Å². The summed E-state index contributed by atoms with van der Waals surface area (Å²) in [4.78, 5) is 17.3. The molecule has 2 heterocycles. The van der Waals surface area contributed by atoms with Crippen LogP contribution in [0, 0.1) is 5.41 Å². The molecule has 0 spiro atoms. The Hall–Kier alpha value is -2.11. The van der Waals surface area contributed by atoms with Gasteiger partial charge in [0, 0.05) is 44.0 Å². The quantitative estimate of drug-likeness (QED) is 0.511. The van der Waals surface area contributed by atoms with Crippen LogP contribution in [0.25, 0.3) is 0 Å². The number of hydrogen-bond acceptors (Lipinski definition) is 4. The van der Waals surface area contributed by atoms with E-state index in [-0.39, 0.29) is 5.41 Å². The van der Waals surface area contributed by atoms with E-state index in [0.29, 0.717) is 12.5 Å². The lowest BCUT2D eigenvalue weighted by molar-refractivity contribution is 0.375. The van der Waals surface area contributed by atoms with Gasteiger partial charge in [0.15, 0.2) is 5.96 Å². The predicted molar refractivity (Wildman–Crippen MR) is 86.3 cm³/mol. The molecule has 0 saturated carbocycles. The Kier molecular flexibility index (Phi) is 4.77. The summed E-state index contributed by atoms with van der Waals surface area (Å²) in [5, 5.41) is 0. The van der Waals surface area contributed by atoms with E-state index in [9.17, 15) is 0 Å². The van der Waals surface area contributed by atoms with Crippen molar-refractivity contribution in [3.63, 3.8) is 0 Å². The Morgan fingerprint density at radius 2 is 1.95 bits per heavy atom. The van der Waals surface area contributed by atoms with Crippen LogP contribution in [0.15, 0.2) is 36.1 Å². The Morgan fingerprint density at radius 3 is 2.52 bits per heavy atom. The molecule has 0 atom stereocenters. The van der Waals surface area contributed by atoms with Gasteiger partial charge < -0.3 is 15.5 Å². The molecule has 0 aromatic carbocycles. The maximum Gasteiger partial charge on any atom is 0.225 e. The number of nitrogens with two attached hydrogens (primary N) is 1. The highest BCUT2D eigenvalue weighted by molar-refractivity contribution is 5.78. The van der Waals surface area contributed by atoms with Crippen molar-refractivity contribution in [1.82, 2.24) is 14.9 Å². The van der Waals surface area contributed by atoms with E-state index in [1.165, 1.54) is 0 Å². The van der Waals surface area contributed by atoms with Crippen molar-refractivity contribution in [3.05, 3.63) is 31.1 Å². The maximum atomic E-state index is 6.09. The van der Waals surface area contributed by atoms with Gasteiger partial charge in [0.25, 0.3) is 0 Å². The third-order valence-corrected chi connectivity index (χ3v) is 3.64. The van der Waals surface area contributed by atoms with Crippen molar-refractivity contribution >= 4 is 11.9 Å². The topological polar surface area (TPSA) is 70.6 Å². The largest absolute Gasteiger partial charge is 0.370 e. The van der Waals surface area contributed by atoms with Gasteiger partial charge in [-0.2, -0.15) is 0 Å². The molecule has 0 aliphatic carbocycles. The number of piperazine rings is 1. The summed E-state index contributed by atoms with van der Waals surface area (Å²) in [5.41, 5.74) is 6.06. The first-order chi connectivity index (χ1) is 10.0. The highest BCUT2D eigenvalue weighted by Crippen LogP contribution is 2.16. The molecular formula is C15H24N6. The molecule has 1 aromatic rings. The summed E-state index contributed by atoms with van der Waals surface area (Å²) < 4.78 is 0. The Balaban J connectivity index is 1.89. The van der Waals surface area contributed by atoms with Gasteiger partial charge in [-0.05, 0) is 6.07 Å². The molecular weight excluding hydrogens is 264 g/mol. The van der Waals surface area contributed by atoms with Crippen LogP contribution in [-0.4, -0.2) is 53.6 Å². The van der Waals surface area contributed by atoms with Crippen molar-refractivity contribution in [2.75, 3.05) is 37.6 Å². The second kappa shape index (κ2) is 6.56. The first-order valence-electron chi connectivity index (χ1n) is 7.22. The average molecular weight is 288 g/mol. The molecule has 1 aliphatic heterocycles. The van der Waals surface area contributed by atoms with Crippen LogP contribution in [0.5, 0.6) is 0 Å². The molecule has 114 valence electrons. The maximum absolute atomic E-state index is 6.09. The van der Waals surface area contributed by atoms with Gasteiger partial charge in [-0.25, -0.2) is 9.97 Å². The van der Waals surface area contributed by atoms with Gasteiger partial charge in [0.2, 0.25) is 5.95 Å². The van der Waals surface area contributed by atoms with E-state index < -0.39 is 0 Å². The highest BCUT2D eigenvalue weighted by Gasteiger charge is 2.20. The first kappa shape index (κ1) is 15.3. The van der Waals surface area contributed by atoms with Gasteiger partial charge in [-0.1, -0.05) is 19.9 Å². The SMILES string of the molecule is C=CC(C)(C)CN=C(N)N1CCN(c2ncccn2)CC1. The van der Waals surface area contributed by atoms with E-state index in [1.54, 1.807) is 12.4 Å². The van der Waals surface area contributed by atoms with Crippen LogP contribution in [0.4, 0.5) is 5.95 Å². The van der Waals surface area contributed by atoms with E-state index in [2.05, 4.69) is 45.2 Å². The number of aromatic nitrogens is 2. The Bertz CT molecular complexity index is 488. The number of guanidine groups is 1. The molecule has 2 N–H and O–H groups in total. The summed E-state index contributed by atoms with van der Waals surface area (Å²) in [5.74, 6) is 1.39. The molecule has 0 radical (unpaired) electrons. The third kappa shape index (κ3) is 4.18. The molecule has 0 bridgehead atoms. The van der Waals surface area contributed by atoms with E-state index in [0.717, 1.165) is 32.1 Å². The normalized spacial score (nSPS) is 17.0. The second-order valence-electron chi connectivity index (χ2n) is 5.89. The molecule has 0 unspecified atom stereocenters. The molecule has 6 nitrogen and oxygen atoms in total. The fraction of sp³-hybridized carbons (Fsp3) is 0.533. The minimum Gasteiger partial charge on any atom is -0.370 e. The summed E-state index contributed by atoms with van der Waals surface area (Å²) >= 11 is 0. The van der Waals surface area contributed by atoms with Gasteiger partial charge in [0.1, 0.15) is 0 Å². The molecule has 21 heavy (non-hydrogen) atoms. The first-order valence-corrected chi connectivity index (χ1v) is 7.22. The minimum absolute atomic E-state index is 0.0235. The lowest BCUT2D eigenvalue weighted by Gasteiger charge is -2.35. The van der Waals surface area contributed by atoms with Gasteiger partial charge in [-0.15, -0.1) is 6.58 Å². The third-order valence-electron chi connectivity index (χ3n) is 3.64. The van der Waals surface area contributed by atoms with Crippen molar-refractivity contribution < 1.29 is 0 Å². The van der Waals surface area contributed by atoms with Gasteiger partial charge in [-0.3, -0.25) is 4.99 Å². The zero-order chi connectivity index (χ0) is 15.3. The van der Waals surface area contributed by atoms with Crippen molar-refractivity contribution in [1.29, 1.82) is 0 Å². The summed E-state index contributed by atoms with van der Waals surface area (Å²) in [6.45, 7) is 12.1. The standard InChI is InChI=1S/C15H24N6/c1-4-15(2,3)12-19-13(16)20-8-10-21(11-9-20)14-17-6-5-7-18-14/h4-7H,1,8-12H2,2-3H3,(H2,16,19). The van der Waals surface area contributed by atoms with Crippen LogP contribution < -0.4 is 10.6 Å². The Labute approximate surface area is 126 Å². The highest BCUT2D eigenvalue weighted by atomic mass is 15.3. The number of aliphatic imine (C=N–C) groups is 1. The van der Waals surface area contributed by atoms with Gasteiger partial charge >= 0.3 is 0 Å². The minimum atomic E-state index is -0.0235. The molecule has 2 rings (SSSR count). The van der Waals surface area contributed by atoms with Crippen LogP contribution in [0.1, 0.15) is 13.8 Å². The number of nitrogens with zero attached hydrogens (tertiary/aromatic N) is 5. The molecule has 1 aliphatic rings. The van der Waals surface area contributed by atoms with Crippen LogP contribution in [0.3, 0.4) is 0 Å². The summed E-state index contributed by atoms with van der Waals surface area (Å²) in [7, 11) is 0. The van der Waals surface area contributed by atoms with Crippen LogP contribution in [0.2, 0.25) is 0 Å². The molecule has 0 amide bonds.